The van der Waals surface area contributed by atoms with Crippen LogP contribution in [0.5, 0.6) is 5.75 Å². The first kappa shape index (κ1) is 21.5. The summed E-state index contributed by atoms with van der Waals surface area (Å²) in [6.07, 6.45) is 5.75. The summed E-state index contributed by atoms with van der Waals surface area (Å²) in [5, 5.41) is 31.8. The summed E-state index contributed by atoms with van der Waals surface area (Å²) >= 11 is 0. The first-order valence-electron chi connectivity index (χ1n) is 9.98. The summed E-state index contributed by atoms with van der Waals surface area (Å²) < 4.78 is 0. The number of hydrogen-bond donors (Lipinski definition) is 3. The number of aliphatic hydroxyl groups is 2. The molecule has 0 amide bonds. The number of pyridine rings is 1. The zero-order valence-corrected chi connectivity index (χ0v) is 17.1. The van der Waals surface area contributed by atoms with E-state index >= 15 is 0 Å². The highest BCUT2D eigenvalue weighted by molar-refractivity contribution is 5.98. The minimum absolute atomic E-state index is 0.137. The van der Waals surface area contributed by atoms with Gasteiger partial charge in [0.25, 0.3) is 0 Å². The van der Waals surface area contributed by atoms with Gasteiger partial charge in [-0.3, -0.25) is 4.98 Å². The van der Waals surface area contributed by atoms with E-state index in [0.717, 1.165) is 33.2 Å². The van der Waals surface area contributed by atoms with Crippen molar-refractivity contribution in [1.82, 2.24) is 4.98 Å². The standard InChI is InChI=1S/C26H27NO3/c1-18(2)21(14-16-28)25(29)13-11-20(24-9-5-6-15-27-24)17-19-10-12-26(30)23-8-4-3-7-22(19)23/h3-10,12,14-15,17,25,28-30H,1,11,13,16H2,2H3/b20-17-,21-14-. The third-order valence-corrected chi connectivity index (χ3v) is 5.11. The van der Waals surface area contributed by atoms with Crippen molar-refractivity contribution < 1.29 is 15.3 Å². The molecule has 2 aromatic carbocycles. The molecule has 0 radical (unpaired) electrons. The van der Waals surface area contributed by atoms with Gasteiger partial charge in [-0.05, 0) is 66.1 Å². The number of allylic oxidation sites excluding steroid dienone is 1. The van der Waals surface area contributed by atoms with Gasteiger partial charge in [0, 0.05) is 11.6 Å². The molecule has 0 spiro atoms. The molecule has 0 aliphatic rings. The highest BCUT2D eigenvalue weighted by Gasteiger charge is 2.14. The van der Waals surface area contributed by atoms with Crippen molar-refractivity contribution in [3.8, 4) is 5.75 Å². The highest BCUT2D eigenvalue weighted by Crippen LogP contribution is 2.31. The molecule has 1 atom stereocenters. The Morgan fingerprint density at radius 2 is 1.80 bits per heavy atom. The van der Waals surface area contributed by atoms with Gasteiger partial charge in [-0.1, -0.05) is 54.6 Å². The maximum absolute atomic E-state index is 10.7. The lowest BCUT2D eigenvalue weighted by molar-refractivity contribution is 0.203. The lowest BCUT2D eigenvalue weighted by Crippen LogP contribution is -2.12. The second-order valence-corrected chi connectivity index (χ2v) is 7.28. The van der Waals surface area contributed by atoms with E-state index in [1.54, 1.807) is 18.3 Å². The van der Waals surface area contributed by atoms with E-state index < -0.39 is 6.10 Å². The largest absolute Gasteiger partial charge is 0.507 e. The fraction of sp³-hybridized carbons (Fsp3) is 0.192. The van der Waals surface area contributed by atoms with Crippen molar-refractivity contribution in [2.24, 2.45) is 0 Å². The van der Waals surface area contributed by atoms with Gasteiger partial charge in [0.1, 0.15) is 5.75 Å². The summed E-state index contributed by atoms with van der Waals surface area (Å²) in [5.74, 6) is 0.248. The average molecular weight is 402 g/mol. The van der Waals surface area contributed by atoms with Gasteiger partial charge in [0.15, 0.2) is 0 Å². The van der Waals surface area contributed by atoms with Gasteiger partial charge in [-0.2, -0.15) is 0 Å². The SMILES string of the molecule is C=C(C)/C(=C/CO)C(O)CC/C(=C/c1ccc(O)c2ccccc12)c1ccccn1. The van der Waals surface area contributed by atoms with Crippen LogP contribution in [0, 0.1) is 0 Å². The number of aromatic nitrogens is 1. The molecule has 1 unspecified atom stereocenters. The molecule has 1 heterocycles. The Hall–Kier alpha value is -3.21. The molecule has 0 saturated heterocycles. The number of benzene rings is 2. The molecule has 1 aromatic heterocycles. The third kappa shape index (κ3) is 5.03. The van der Waals surface area contributed by atoms with Gasteiger partial charge >= 0.3 is 0 Å². The number of hydrogen-bond acceptors (Lipinski definition) is 4. The predicted octanol–water partition coefficient (Wildman–Crippen LogP) is 5.12. The normalized spacial score (nSPS) is 13.4. The zero-order chi connectivity index (χ0) is 21.5. The van der Waals surface area contributed by atoms with Gasteiger partial charge in [-0.25, -0.2) is 0 Å². The Balaban J connectivity index is 1.98. The fourth-order valence-corrected chi connectivity index (χ4v) is 3.59. The Bertz CT molecular complexity index is 1080. The third-order valence-electron chi connectivity index (χ3n) is 5.11. The van der Waals surface area contributed by atoms with E-state index in [1.807, 2.05) is 55.5 Å². The van der Waals surface area contributed by atoms with E-state index in [0.29, 0.717) is 18.4 Å². The van der Waals surface area contributed by atoms with Crippen molar-refractivity contribution in [3.63, 3.8) is 0 Å². The second-order valence-electron chi connectivity index (χ2n) is 7.28. The van der Waals surface area contributed by atoms with E-state index in [4.69, 9.17) is 0 Å². The van der Waals surface area contributed by atoms with Crippen molar-refractivity contribution >= 4 is 22.4 Å². The lowest BCUT2D eigenvalue weighted by atomic mass is 9.94. The van der Waals surface area contributed by atoms with Crippen LogP contribution in [0.4, 0.5) is 0 Å². The molecule has 4 nitrogen and oxygen atoms in total. The molecule has 0 aliphatic carbocycles. The highest BCUT2D eigenvalue weighted by atomic mass is 16.3. The molecule has 154 valence electrons. The van der Waals surface area contributed by atoms with Crippen molar-refractivity contribution in [2.75, 3.05) is 6.61 Å². The van der Waals surface area contributed by atoms with E-state index in [2.05, 4.69) is 17.6 Å². The molecule has 0 aliphatic heterocycles. The predicted molar refractivity (Wildman–Crippen MR) is 123 cm³/mol. The van der Waals surface area contributed by atoms with Crippen LogP contribution in [0.1, 0.15) is 31.0 Å². The Labute approximate surface area is 177 Å². The van der Waals surface area contributed by atoms with E-state index in [1.165, 1.54) is 0 Å². The molecular weight excluding hydrogens is 374 g/mol. The number of rotatable bonds is 8. The number of fused-ring (bicyclic) bond motifs is 1. The van der Waals surface area contributed by atoms with Crippen LogP contribution in [0.3, 0.4) is 0 Å². The maximum Gasteiger partial charge on any atom is 0.123 e. The van der Waals surface area contributed by atoms with E-state index in [-0.39, 0.29) is 12.4 Å². The van der Waals surface area contributed by atoms with Crippen molar-refractivity contribution in [3.05, 3.63) is 95.9 Å². The van der Waals surface area contributed by atoms with Gasteiger partial charge in [-0.15, -0.1) is 0 Å². The van der Waals surface area contributed by atoms with E-state index in [9.17, 15) is 15.3 Å². The zero-order valence-electron chi connectivity index (χ0n) is 17.1. The first-order valence-corrected chi connectivity index (χ1v) is 9.98. The molecule has 3 N–H and O–H groups in total. The fourth-order valence-electron chi connectivity index (χ4n) is 3.59. The minimum atomic E-state index is -0.724. The van der Waals surface area contributed by atoms with Crippen molar-refractivity contribution in [2.45, 2.75) is 25.9 Å². The number of aliphatic hydroxyl groups excluding tert-OH is 2. The molecule has 30 heavy (non-hydrogen) atoms. The molecule has 0 bridgehead atoms. The monoisotopic (exact) mass is 401 g/mol. The summed E-state index contributed by atoms with van der Waals surface area (Å²) in [7, 11) is 0. The topological polar surface area (TPSA) is 73.6 Å². The second kappa shape index (κ2) is 10.0. The van der Waals surface area contributed by atoms with Crippen LogP contribution >= 0.6 is 0 Å². The Morgan fingerprint density at radius 3 is 2.47 bits per heavy atom. The van der Waals surface area contributed by atoms with Gasteiger partial charge in [0.05, 0.1) is 18.4 Å². The maximum atomic E-state index is 10.7. The van der Waals surface area contributed by atoms with Gasteiger partial charge < -0.3 is 15.3 Å². The Morgan fingerprint density at radius 1 is 1.07 bits per heavy atom. The van der Waals surface area contributed by atoms with Crippen LogP contribution in [-0.4, -0.2) is 33.0 Å². The van der Waals surface area contributed by atoms with Gasteiger partial charge in [0.2, 0.25) is 0 Å². The summed E-state index contributed by atoms with van der Waals surface area (Å²) in [4.78, 5) is 4.50. The van der Waals surface area contributed by atoms with Crippen LogP contribution < -0.4 is 0 Å². The minimum Gasteiger partial charge on any atom is -0.507 e. The number of phenolic OH excluding ortho intramolecular Hbond substituents is 1. The number of phenols is 1. The molecule has 0 saturated carbocycles. The summed E-state index contributed by atoms with van der Waals surface area (Å²) in [6.45, 7) is 5.59. The molecule has 3 rings (SSSR count). The molecule has 3 aromatic rings. The van der Waals surface area contributed by atoms with Crippen LogP contribution in [0.25, 0.3) is 22.4 Å². The molecular formula is C26H27NO3. The van der Waals surface area contributed by atoms with Crippen LogP contribution in [-0.2, 0) is 0 Å². The van der Waals surface area contributed by atoms with Crippen LogP contribution in [0.15, 0.2) is 84.6 Å². The van der Waals surface area contributed by atoms with Crippen molar-refractivity contribution in [1.29, 1.82) is 0 Å². The molecule has 4 heteroatoms. The number of aromatic hydroxyl groups is 1. The molecule has 0 fully saturated rings. The average Bonchev–Trinajstić information content (AvgIpc) is 2.76. The summed E-state index contributed by atoms with van der Waals surface area (Å²) in [6, 6.07) is 17.1. The smallest absolute Gasteiger partial charge is 0.123 e. The lowest BCUT2D eigenvalue weighted by Gasteiger charge is -2.17. The quantitative estimate of drug-likeness (QED) is 0.458. The van der Waals surface area contributed by atoms with Crippen LogP contribution in [0.2, 0.25) is 0 Å². The number of nitrogens with zero attached hydrogens (tertiary/aromatic N) is 1. The summed E-state index contributed by atoms with van der Waals surface area (Å²) in [5.41, 5.74) is 4.20. The first-order chi connectivity index (χ1) is 14.5. The Kier molecular flexibility index (Phi) is 7.17.